The number of ether oxygens (including phenoxy) is 3. The molecule has 3 heterocycles. The average Bonchev–Trinajstić information content (AvgIpc) is 3.36. The van der Waals surface area contributed by atoms with Crippen molar-refractivity contribution >= 4 is 34.9 Å². The van der Waals surface area contributed by atoms with Gasteiger partial charge in [0.1, 0.15) is 13.2 Å². The topological polar surface area (TPSA) is 97.7 Å². The van der Waals surface area contributed by atoms with Gasteiger partial charge in [-0.15, -0.1) is 11.3 Å². The molecule has 0 bridgehead atoms. The molecule has 2 aromatic rings. The van der Waals surface area contributed by atoms with Crippen molar-refractivity contribution in [3.8, 4) is 17.6 Å². The van der Waals surface area contributed by atoms with Crippen molar-refractivity contribution in [3.05, 3.63) is 68.0 Å². The van der Waals surface area contributed by atoms with Crippen LogP contribution < -0.4 is 14.8 Å². The van der Waals surface area contributed by atoms with E-state index in [0.29, 0.717) is 57.0 Å². The molecule has 0 fully saturated rings. The van der Waals surface area contributed by atoms with E-state index in [-0.39, 0.29) is 11.5 Å². The SMILES string of the molecule is COC(=O)C1=C(C)NC(SCC(=O)c2cccs2)=C(C#N)[C@H]1c1ccc2c(c1)OCCO2. The largest absolute Gasteiger partial charge is 0.486 e. The Kier molecular flexibility index (Phi) is 6.53. The number of Topliss-reactive ketones (excluding diaryl/α,β-unsaturated/α-hetero) is 1. The minimum absolute atomic E-state index is 0.0205. The minimum atomic E-state index is -0.663. The molecule has 0 aliphatic carbocycles. The number of hydrogen-bond acceptors (Lipinski definition) is 9. The van der Waals surface area contributed by atoms with E-state index in [1.807, 2.05) is 17.5 Å². The molecule has 32 heavy (non-hydrogen) atoms. The molecule has 9 heteroatoms. The van der Waals surface area contributed by atoms with Gasteiger partial charge in [0.15, 0.2) is 17.3 Å². The van der Waals surface area contributed by atoms with Crippen molar-refractivity contribution in [3.63, 3.8) is 0 Å². The molecule has 2 aliphatic heterocycles. The summed E-state index contributed by atoms with van der Waals surface area (Å²) in [5.74, 6) is 0.141. The zero-order chi connectivity index (χ0) is 22.7. The second kappa shape index (κ2) is 9.51. The van der Waals surface area contributed by atoms with Crippen LogP contribution in [-0.4, -0.2) is 37.8 Å². The lowest BCUT2D eigenvalue weighted by molar-refractivity contribution is -0.136. The van der Waals surface area contributed by atoms with E-state index >= 15 is 0 Å². The summed E-state index contributed by atoms with van der Waals surface area (Å²) in [5, 5.41) is 15.6. The molecule has 0 amide bonds. The van der Waals surface area contributed by atoms with E-state index in [4.69, 9.17) is 14.2 Å². The minimum Gasteiger partial charge on any atom is -0.486 e. The lowest BCUT2D eigenvalue weighted by Crippen LogP contribution is -2.29. The Labute approximate surface area is 193 Å². The zero-order valence-corrected chi connectivity index (χ0v) is 19.1. The van der Waals surface area contributed by atoms with Crippen LogP contribution in [0.5, 0.6) is 11.5 Å². The summed E-state index contributed by atoms with van der Waals surface area (Å²) in [6, 6.07) is 11.2. The molecule has 164 valence electrons. The van der Waals surface area contributed by atoms with Crippen LogP contribution in [0.1, 0.15) is 28.1 Å². The fraction of sp³-hybridized carbons (Fsp3) is 0.261. The molecule has 1 aromatic carbocycles. The van der Waals surface area contributed by atoms with Crippen LogP contribution in [-0.2, 0) is 9.53 Å². The van der Waals surface area contributed by atoms with E-state index in [1.165, 1.54) is 30.2 Å². The van der Waals surface area contributed by atoms with Gasteiger partial charge in [0.2, 0.25) is 0 Å². The van der Waals surface area contributed by atoms with Gasteiger partial charge in [-0.05, 0) is 36.1 Å². The Morgan fingerprint density at radius 1 is 1.28 bits per heavy atom. The van der Waals surface area contributed by atoms with Crippen LogP contribution in [0.2, 0.25) is 0 Å². The first kappa shape index (κ1) is 22.0. The Morgan fingerprint density at radius 2 is 2.06 bits per heavy atom. The van der Waals surface area contributed by atoms with Crippen molar-refractivity contribution in [1.82, 2.24) is 5.32 Å². The maximum Gasteiger partial charge on any atom is 0.336 e. The molecule has 1 N–H and O–H groups in total. The third-order valence-corrected chi connectivity index (χ3v) is 7.02. The summed E-state index contributed by atoms with van der Waals surface area (Å²) in [7, 11) is 1.31. The van der Waals surface area contributed by atoms with Crippen LogP contribution in [0.25, 0.3) is 0 Å². The highest BCUT2D eigenvalue weighted by molar-refractivity contribution is 8.03. The average molecular weight is 469 g/mol. The maximum atomic E-state index is 12.7. The summed E-state index contributed by atoms with van der Waals surface area (Å²) in [6.07, 6.45) is 0. The van der Waals surface area contributed by atoms with Crippen molar-refractivity contribution < 1.29 is 23.8 Å². The standard InChI is InChI=1S/C23H20N2O5S2/c1-13-20(23(27)28-2)21(14-5-6-17-18(10-14)30-8-7-29-17)15(11-24)22(25-13)32-12-16(26)19-4-3-9-31-19/h3-6,9-10,21,25H,7-8,12H2,1-2H3/t21-/m1/s1. The smallest absolute Gasteiger partial charge is 0.336 e. The van der Waals surface area contributed by atoms with Gasteiger partial charge >= 0.3 is 5.97 Å². The summed E-state index contributed by atoms with van der Waals surface area (Å²) in [4.78, 5) is 25.8. The number of thioether (sulfide) groups is 1. The van der Waals surface area contributed by atoms with E-state index in [9.17, 15) is 14.9 Å². The molecule has 7 nitrogen and oxygen atoms in total. The maximum absolute atomic E-state index is 12.7. The monoisotopic (exact) mass is 468 g/mol. The summed E-state index contributed by atoms with van der Waals surface area (Å²) in [6.45, 7) is 2.65. The number of ketones is 1. The predicted molar refractivity (Wildman–Crippen MR) is 122 cm³/mol. The van der Waals surface area contributed by atoms with Crippen LogP contribution in [0.15, 0.2) is 57.6 Å². The van der Waals surface area contributed by atoms with Crippen LogP contribution >= 0.6 is 23.1 Å². The second-order valence-electron chi connectivity index (χ2n) is 7.04. The lowest BCUT2D eigenvalue weighted by atomic mass is 9.82. The van der Waals surface area contributed by atoms with Gasteiger partial charge in [-0.1, -0.05) is 23.9 Å². The van der Waals surface area contributed by atoms with Gasteiger partial charge in [0, 0.05) is 5.70 Å². The van der Waals surface area contributed by atoms with Crippen molar-refractivity contribution in [2.75, 3.05) is 26.1 Å². The number of benzene rings is 1. The third-order valence-electron chi connectivity index (χ3n) is 5.10. The number of methoxy groups -OCH3 is 1. The summed E-state index contributed by atoms with van der Waals surface area (Å²) >= 11 is 2.63. The first-order chi connectivity index (χ1) is 15.5. The van der Waals surface area contributed by atoms with Crippen LogP contribution in [0.4, 0.5) is 0 Å². The first-order valence-corrected chi connectivity index (χ1v) is 11.7. The number of carbonyl (C=O) groups excluding carboxylic acids is 2. The molecule has 0 unspecified atom stereocenters. The van der Waals surface area contributed by atoms with Crippen molar-refractivity contribution in [1.29, 1.82) is 5.26 Å². The number of nitrogens with one attached hydrogen (secondary N) is 1. The molecule has 1 aromatic heterocycles. The third kappa shape index (κ3) is 4.24. The second-order valence-corrected chi connectivity index (χ2v) is 8.97. The number of thiophene rings is 1. The van der Waals surface area contributed by atoms with Crippen LogP contribution in [0.3, 0.4) is 0 Å². The molecule has 1 atom stereocenters. The first-order valence-electron chi connectivity index (χ1n) is 9.83. The van der Waals surface area contributed by atoms with Crippen molar-refractivity contribution in [2.45, 2.75) is 12.8 Å². The van der Waals surface area contributed by atoms with Gasteiger partial charge in [0.05, 0.1) is 45.9 Å². The van der Waals surface area contributed by atoms with Gasteiger partial charge in [-0.2, -0.15) is 5.26 Å². The number of rotatable bonds is 6. The van der Waals surface area contributed by atoms with Gasteiger partial charge < -0.3 is 19.5 Å². The number of dihydropyridines is 1. The van der Waals surface area contributed by atoms with Gasteiger partial charge in [-0.25, -0.2) is 4.79 Å². The number of fused-ring (bicyclic) bond motifs is 1. The normalized spacial score (nSPS) is 17.5. The predicted octanol–water partition coefficient (Wildman–Crippen LogP) is 4.00. The zero-order valence-electron chi connectivity index (χ0n) is 17.5. The lowest BCUT2D eigenvalue weighted by Gasteiger charge is -2.29. The molecule has 4 rings (SSSR count). The summed E-state index contributed by atoms with van der Waals surface area (Å²) in [5.41, 5.74) is 1.96. The number of hydrogen-bond donors (Lipinski definition) is 1. The Bertz CT molecular complexity index is 1160. The molecule has 0 radical (unpaired) electrons. The Hall–Kier alpha value is -3.22. The molecular formula is C23H20N2O5S2. The number of nitrogens with zero attached hydrogens (tertiary/aromatic N) is 1. The van der Waals surface area contributed by atoms with Gasteiger partial charge in [0.25, 0.3) is 0 Å². The van der Waals surface area contributed by atoms with E-state index in [0.717, 1.165) is 0 Å². The number of esters is 1. The van der Waals surface area contributed by atoms with Crippen LogP contribution in [0, 0.1) is 11.3 Å². The molecule has 0 saturated heterocycles. The molecule has 0 spiro atoms. The molecular weight excluding hydrogens is 448 g/mol. The van der Waals surface area contributed by atoms with E-state index < -0.39 is 11.9 Å². The fourth-order valence-corrected chi connectivity index (χ4v) is 5.36. The van der Waals surface area contributed by atoms with E-state index in [2.05, 4.69) is 11.4 Å². The highest BCUT2D eigenvalue weighted by Gasteiger charge is 2.36. The molecule has 0 saturated carbocycles. The van der Waals surface area contributed by atoms with Crippen molar-refractivity contribution in [2.24, 2.45) is 0 Å². The number of carbonyl (C=O) groups is 2. The highest BCUT2D eigenvalue weighted by atomic mass is 32.2. The summed E-state index contributed by atoms with van der Waals surface area (Å²) < 4.78 is 16.3. The van der Waals surface area contributed by atoms with Gasteiger partial charge in [-0.3, -0.25) is 4.79 Å². The number of nitriles is 1. The molecule has 2 aliphatic rings. The Morgan fingerprint density at radius 3 is 2.75 bits per heavy atom. The van der Waals surface area contributed by atoms with E-state index in [1.54, 1.807) is 25.1 Å². The number of allylic oxidation sites excluding steroid dienone is 2. The Balaban J connectivity index is 1.73. The fourth-order valence-electron chi connectivity index (χ4n) is 3.63. The highest BCUT2D eigenvalue weighted by Crippen LogP contribution is 2.43. The quantitative estimate of drug-likeness (QED) is 0.502.